The number of sulfonamides is 1. The fraction of sp³-hybridized carbons (Fsp3) is 0.500. The van der Waals surface area contributed by atoms with Crippen molar-refractivity contribution >= 4 is 29.0 Å². The van der Waals surface area contributed by atoms with Crippen molar-refractivity contribution in [2.75, 3.05) is 13.3 Å². The summed E-state index contributed by atoms with van der Waals surface area (Å²) in [6.07, 6.45) is -12.6. The molecular formula is C12H13ClF6NO4PS. The normalized spacial score (nSPS) is 16.3. The zero-order chi connectivity index (χ0) is 20.6. The largest absolute Gasteiger partial charge is 0.425 e. The van der Waals surface area contributed by atoms with Gasteiger partial charge in [0.15, 0.2) is 0 Å². The van der Waals surface area contributed by atoms with Crippen LogP contribution in [-0.2, 0) is 19.1 Å². The summed E-state index contributed by atoms with van der Waals surface area (Å²) in [5.74, 6) is 0. The molecule has 0 bridgehead atoms. The molecular weight excluding hydrogens is 435 g/mol. The summed E-state index contributed by atoms with van der Waals surface area (Å²) >= 11 is 5.51. The third-order valence-electron chi connectivity index (χ3n) is 3.21. The van der Waals surface area contributed by atoms with E-state index in [1.807, 2.05) is 0 Å². The fourth-order valence-electron chi connectivity index (χ4n) is 2.03. The lowest BCUT2D eigenvalue weighted by atomic mass is 10.3. The van der Waals surface area contributed by atoms with E-state index in [9.17, 15) is 39.3 Å². The molecule has 5 nitrogen and oxygen atoms in total. The predicted octanol–water partition coefficient (Wildman–Crippen LogP) is 4.38. The van der Waals surface area contributed by atoms with Crippen molar-refractivity contribution in [2.24, 2.45) is 0 Å². The molecule has 14 heteroatoms. The van der Waals surface area contributed by atoms with Gasteiger partial charge in [0, 0.05) is 11.7 Å². The number of alkyl halides is 6. The minimum Gasteiger partial charge on any atom is -0.327 e. The topological polar surface area (TPSA) is 72.5 Å². The first-order valence-corrected chi connectivity index (χ1v) is 10.6. The molecule has 0 radical (unpaired) electrons. The van der Waals surface area contributed by atoms with Crippen molar-refractivity contribution < 1.29 is 43.8 Å². The van der Waals surface area contributed by atoms with Gasteiger partial charge in [-0.15, -0.1) is 0 Å². The van der Waals surface area contributed by atoms with Gasteiger partial charge in [0.05, 0.1) is 11.5 Å². The van der Waals surface area contributed by atoms with E-state index in [2.05, 4.69) is 4.52 Å². The minimum absolute atomic E-state index is 0.00247. The second kappa shape index (κ2) is 7.31. The van der Waals surface area contributed by atoms with Crippen molar-refractivity contribution in [2.45, 2.75) is 29.5 Å². The van der Waals surface area contributed by atoms with Crippen molar-refractivity contribution in [3.63, 3.8) is 0 Å². The van der Waals surface area contributed by atoms with E-state index in [0.717, 1.165) is 19.1 Å². The van der Waals surface area contributed by atoms with E-state index in [4.69, 9.17) is 11.6 Å². The van der Waals surface area contributed by atoms with Gasteiger partial charge in [-0.25, -0.2) is 8.42 Å². The Labute approximate surface area is 150 Å². The molecule has 0 aliphatic heterocycles. The second-order valence-corrected chi connectivity index (χ2v) is 9.77. The molecule has 26 heavy (non-hydrogen) atoms. The standard InChI is InChI=1S/C12H13ClF6NO4PS/c1-3-24-25(2,21)10(11(14,15)16,12(17,18)19)20-26(22,23)9-6-4-8(13)5-7-9/h4-7,20H,3H2,1-2H3. The van der Waals surface area contributed by atoms with Crippen LogP contribution < -0.4 is 4.72 Å². The van der Waals surface area contributed by atoms with Gasteiger partial charge in [0.2, 0.25) is 17.4 Å². The Morgan fingerprint density at radius 3 is 1.85 bits per heavy atom. The Kier molecular flexibility index (Phi) is 6.53. The molecule has 150 valence electrons. The number of hydrogen-bond donors (Lipinski definition) is 1. The van der Waals surface area contributed by atoms with Gasteiger partial charge in [0.1, 0.15) is 0 Å². The lowest BCUT2D eigenvalue weighted by Gasteiger charge is -2.40. The molecule has 1 aromatic rings. The van der Waals surface area contributed by atoms with Gasteiger partial charge in [-0.3, -0.25) is 4.57 Å². The van der Waals surface area contributed by atoms with E-state index in [1.165, 1.54) is 0 Å². The molecule has 1 rings (SSSR count). The summed E-state index contributed by atoms with van der Waals surface area (Å²) in [7, 11) is -11.1. The summed E-state index contributed by atoms with van der Waals surface area (Å²) in [6.45, 7) is 0.313. The molecule has 1 atom stereocenters. The van der Waals surface area contributed by atoms with Crippen LogP contribution in [0.4, 0.5) is 26.3 Å². The van der Waals surface area contributed by atoms with Gasteiger partial charge < -0.3 is 4.52 Å². The van der Waals surface area contributed by atoms with Gasteiger partial charge in [0.25, 0.3) is 5.28 Å². The van der Waals surface area contributed by atoms with Crippen molar-refractivity contribution in [3.8, 4) is 0 Å². The number of rotatable bonds is 6. The van der Waals surface area contributed by atoms with Crippen molar-refractivity contribution in [1.29, 1.82) is 0 Å². The summed E-state index contributed by atoms with van der Waals surface area (Å²) in [4.78, 5) is -0.934. The van der Waals surface area contributed by atoms with Crippen LogP contribution in [0.25, 0.3) is 0 Å². The highest BCUT2D eigenvalue weighted by Crippen LogP contribution is 2.67. The van der Waals surface area contributed by atoms with E-state index >= 15 is 0 Å². The summed E-state index contributed by atoms with van der Waals surface area (Å²) in [6, 6.07) is 3.30. The Balaban J connectivity index is 3.71. The molecule has 0 saturated carbocycles. The first kappa shape index (κ1) is 23.2. The quantitative estimate of drug-likeness (QED) is 0.519. The highest BCUT2D eigenvalue weighted by molar-refractivity contribution is 7.90. The van der Waals surface area contributed by atoms with E-state index in [-0.39, 0.29) is 11.7 Å². The first-order valence-electron chi connectivity index (χ1n) is 6.67. The summed E-state index contributed by atoms with van der Waals surface area (Å²) in [5.41, 5.74) is 0. The monoisotopic (exact) mass is 447 g/mol. The molecule has 0 aromatic heterocycles. The number of benzene rings is 1. The van der Waals surface area contributed by atoms with Crippen molar-refractivity contribution in [3.05, 3.63) is 29.3 Å². The highest BCUT2D eigenvalue weighted by atomic mass is 35.5. The third kappa shape index (κ3) is 4.19. The molecule has 1 N–H and O–H groups in total. The number of hydrogen-bond acceptors (Lipinski definition) is 4. The Hall–Kier alpha value is -0.810. The maximum atomic E-state index is 13.5. The van der Waals surface area contributed by atoms with Crippen LogP contribution in [-0.4, -0.2) is 39.3 Å². The highest BCUT2D eigenvalue weighted by Gasteiger charge is 2.80. The molecule has 0 heterocycles. The Bertz CT molecular complexity index is 779. The molecule has 0 aliphatic carbocycles. The lowest BCUT2D eigenvalue weighted by molar-refractivity contribution is -0.273. The average Bonchev–Trinajstić information content (AvgIpc) is 2.42. The van der Waals surface area contributed by atoms with Crippen LogP contribution in [0.3, 0.4) is 0 Å². The first-order chi connectivity index (χ1) is 11.5. The maximum Gasteiger partial charge on any atom is 0.425 e. The third-order valence-corrected chi connectivity index (χ3v) is 7.67. The molecule has 1 unspecified atom stereocenters. The number of halogens is 7. The van der Waals surface area contributed by atoms with Gasteiger partial charge in [-0.2, -0.15) is 31.1 Å². The molecule has 0 aliphatic rings. The van der Waals surface area contributed by atoms with E-state index < -0.39 is 46.5 Å². The van der Waals surface area contributed by atoms with Crippen LogP contribution in [0.2, 0.25) is 5.02 Å². The molecule has 0 amide bonds. The van der Waals surface area contributed by atoms with E-state index in [0.29, 0.717) is 16.9 Å². The van der Waals surface area contributed by atoms with Crippen LogP contribution in [0.1, 0.15) is 6.92 Å². The lowest BCUT2D eigenvalue weighted by Crippen LogP contribution is -2.67. The Morgan fingerprint density at radius 2 is 1.50 bits per heavy atom. The van der Waals surface area contributed by atoms with E-state index in [1.54, 1.807) is 0 Å². The summed E-state index contributed by atoms with van der Waals surface area (Å²) in [5, 5.41) is -5.33. The molecule has 0 spiro atoms. The van der Waals surface area contributed by atoms with Gasteiger partial charge in [-0.05, 0) is 31.2 Å². The molecule has 0 saturated heterocycles. The number of nitrogens with one attached hydrogen (secondary N) is 1. The smallest absolute Gasteiger partial charge is 0.327 e. The van der Waals surface area contributed by atoms with Crippen LogP contribution in [0.15, 0.2) is 29.2 Å². The zero-order valence-corrected chi connectivity index (χ0v) is 15.6. The minimum atomic E-state index is -6.32. The second-order valence-electron chi connectivity index (χ2n) is 5.03. The SMILES string of the molecule is CCOP(C)(=O)C(NS(=O)(=O)c1ccc(Cl)cc1)(C(F)(F)F)C(F)(F)F. The van der Waals surface area contributed by atoms with Crippen molar-refractivity contribution in [1.82, 2.24) is 4.72 Å². The summed E-state index contributed by atoms with van der Waals surface area (Å²) < 4.78 is 122. The molecule has 0 fully saturated rings. The predicted molar refractivity (Wildman–Crippen MR) is 81.8 cm³/mol. The molecule has 1 aromatic carbocycles. The van der Waals surface area contributed by atoms with Crippen LogP contribution >= 0.6 is 19.0 Å². The zero-order valence-electron chi connectivity index (χ0n) is 13.2. The maximum absolute atomic E-state index is 13.5. The van der Waals surface area contributed by atoms with Gasteiger partial charge in [-0.1, -0.05) is 11.6 Å². The Morgan fingerprint density at radius 1 is 1.08 bits per heavy atom. The average molecular weight is 448 g/mol. The van der Waals surface area contributed by atoms with Crippen LogP contribution in [0, 0.1) is 0 Å². The van der Waals surface area contributed by atoms with Gasteiger partial charge >= 0.3 is 12.4 Å². The fourth-order valence-corrected chi connectivity index (χ4v) is 6.02. The van der Waals surface area contributed by atoms with Crippen LogP contribution in [0.5, 0.6) is 0 Å².